The predicted octanol–water partition coefficient (Wildman–Crippen LogP) is 2.63. The first-order valence-corrected chi connectivity index (χ1v) is 10.1. The number of thioether (sulfide) groups is 1. The average Bonchev–Trinajstić information content (AvgIpc) is 2.88. The number of para-hydroxylation sites is 2. The summed E-state index contributed by atoms with van der Waals surface area (Å²) < 4.78 is 10.4. The molecule has 7 nitrogen and oxygen atoms in total. The number of hydrogen-bond acceptors (Lipinski definition) is 6. The minimum atomic E-state index is -0.705. The van der Waals surface area contributed by atoms with E-state index in [-0.39, 0.29) is 23.8 Å². The van der Waals surface area contributed by atoms with Crippen molar-refractivity contribution in [3.63, 3.8) is 0 Å². The third kappa shape index (κ3) is 5.29. The largest absolute Gasteiger partial charge is 0.481 e. The monoisotopic (exact) mass is 414 g/mol. The van der Waals surface area contributed by atoms with Crippen molar-refractivity contribution in [1.82, 2.24) is 0 Å². The maximum atomic E-state index is 12.7. The lowest BCUT2D eigenvalue weighted by atomic mass is 10.2. The lowest BCUT2D eigenvalue weighted by molar-refractivity contribution is -0.149. The second-order valence-corrected chi connectivity index (χ2v) is 8.02. The number of carbonyl (C=O) groups excluding carboxylic acids is 3. The second-order valence-electron chi connectivity index (χ2n) is 6.54. The molecule has 8 heteroatoms. The molecule has 0 aromatic heterocycles. The molecule has 29 heavy (non-hydrogen) atoms. The molecule has 2 aromatic carbocycles. The molecule has 1 aliphatic heterocycles. The highest BCUT2D eigenvalue weighted by atomic mass is 32.2. The molecule has 0 saturated carbocycles. The SMILES string of the molecule is C[C@H]1CCN(C(=O)COC(=O)COc2ccccc2C(N)=O)c2ccccc2S1. The topological polar surface area (TPSA) is 98.9 Å². The van der Waals surface area contributed by atoms with Gasteiger partial charge in [0.15, 0.2) is 13.2 Å². The highest BCUT2D eigenvalue weighted by molar-refractivity contribution is 8.00. The molecule has 0 saturated heterocycles. The zero-order valence-electron chi connectivity index (χ0n) is 16.0. The van der Waals surface area contributed by atoms with Gasteiger partial charge in [0.1, 0.15) is 5.75 Å². The molecule has 0 radical (unpaired) electrons. The van der Waals surface area contributed by atoms with Gasteiger partial charge in [-0.25, -0.2) is 4.79 Å². The Labute approximate surface area is 173 Å². The lowest BCUT2D eigenvalue weighted by Gasteiger charge is -2.22. The quantitative estimate of drug-likeness (QED) is 0.730. The van der Waals surface area contributed by atoms with Crippen LogP contribution in [0.5, 0.6) is 5.75 Å². The molecular formula is C21H22N2O5S. The van der Waals surface area contributed by atoms with E-state index in [1.165, 1.54) is 12.1 Å². The van der Waals surface area contributed by atoms with Gasteiger partial charge in [0.25, 0.3) is 11.8 Å². The summed E-state index contributed by atoms with van der Waals surface area (Å²) in [6.45, 7) is 1.87. The molecule has 0 unspecified atom stereocenters. The smallest absolute Gasteiger partial charge is 0.344 e. The first-order chi connectivity index (χ1) is 14.0. The van der Waals surface area contributed by atoms with Crippen molar-refractivity contribution in [2.75, 3.05) is 24.7 Å². The number of esters is 1. The van der Waals surface area contributed by atoms with E-state index in [9.17, 15) is 14.4 Å². The Bertz CT molecular complexity index is 917. The van der Waals surface area contributed by atoms with Gasteiger partial charge in [-0.2, -0.15) is 0 Å². The van der Waals surface area contributed by atoms with E-state index < -0.39 is 18.5 Å². The molecule has 0 fully saturated rings. The molecule has 0 spiro atoms. The van der Waals surface area contributed by atoms with Crippen LogP contribution in [0.15, 0.2) is 53.4 Å². The summed E-state index contributed by atoms with van der Waals surface area (Å²) in [5.74, 6) is -1.46. The maximum absolute atomic E-state index is 12.7. The highest BCUT2D eigenvalue weighted by Gasteiger charge is 2.25. The normalized spacial score (nSPS) is 15.8. The third-order valence-corrected chi connectivity index (χ3v) is 5.64. The van der Waals surface area contributed by atoms with E-state index >= 15 is 0 Å². The lowest BCUT2D eigenvalue weighted by Crippen LogP contribution is -2.36. The van der Waals surface area contributed by atoms with Crippen molar-refractivity contribution in [3.8, 4) is 5.75 Å². The summed E-state index contributed by atoms with van der Waals surface area (Å²) in [7, 11) is 0. The van der Waals surface area contributed by atoms with Crippen molar-refractivity contribution in [2.45, 2.75) is 23.5 Å². The zero-order valence-corrected chi connectivity index (χ0v) is 16.8. The van der Waals surface area contributed by atoms with Crippen LogP contribution in [0.25, 0.3) is 0 Å². The van der Waals surface area contributed by atoms with Crippen LogP contribution in [0.1, 0.15) is 23.7 Å². The summed E-state index contributed by atoms with van der Waals surface area (Å²) in [4.78, 5) is 38.8. The van der Waals surface area contributed by atoms with Gasteiger partial charge >= 0.3 is 5.97 Å². The number of rotatable bonds is 6. The van der Waals surface area contributed by atoms with Gasteiger partial charge in [-0.05, 0) is 30.7 Å². The first kappa shape index (κ1) is 20.7. The first-order valence-electron chi connectivity index (χ1n) is 9.19. The number of carbonyl (C=O) groups is 3. The maximum Gasteiger partial charge on any atom is 0.344 e. The third-order valence-electron chi connectivity index (χ3n) is 4.40. The van der Waals surface area contributed by atoms with Gasteiger partial charge < -0.3 is 20.1 Å². The highest BCUT2D eigenvalue weighted by Crippen LogP contribution is 2.37. The number of primary amides is 1. The molecule has 3 rings (SSSR count). The number of benzene rings is 2. The molecular weight excluding hydrogens is 392 g/mol. The number of nitrogens with zero attached hydrogens (tertiary/aromatic N) is 1. The van der Waals surface area contributed by atoms with Gasteiger partial charge in [0.05, 0.1) is 11.3 Å². The number of hydrogen-bond donors (Lipinski definition) is 1. The molecule has 2 amide bonds. The number of ether oxygens (including phenoxy) is 2. The molecule has 1 aliphatic rings. The van der Waals surface area contributed by atoms with E-state index in [1.54, 1.807) is 28.8 Å². The molecule has 0 bridgehead atoms. The molecule has 152 valence electrons. The van der Waals surface area contributed by atoms with Gasteiger partial charge in [-0.1, -0.05) is 31.2 Å². The zero-order chi connectivity index (χ0) is 20.8. The van der Waals surface area contributed by atoms with Crippen molar-refractivity contribution >= 4 is 35.2 Å². The summed E-state index contributed by atoms with van der Waals surface area (Å²) in [6.07, 6.45) is 0.839. The van der Waals surface area contributed by atoms with Crippen LogP contribution in [-0.2, 0) is 14.3 Å². The van der Waals surface area contributed by atoms with Gasteiger partial charge in [0, 0.05) is 16.7 Å². The van der Waals surface area contributed by atoms with Crippen molar-refractivity contribution in [3.05, 3.63) is 54.1 Å². The summed E-state index contributed by atoms with van der Waals surface area (Å²) in [5, 5.41) is 0.384. The molecule has 1 heterocycles. The number of amides is 2. The van der Waals surface area contributed by atoms with E-state index in [4.69, 9.17) is 15.2 Å². The average molecular weight is 414 g/mol. The van der Waals surface area contributed by atoms with E-state index in [1.807, 2.05) is 24.3 Å². The number of nitrogens with two attached hydrogens (primary N) is 1. The van der Waals surface area contributed by atoms with Crippen LogP contribution in [-0.4, -0.2) is 42.8 Å². The molecule has 1 atom stereocenters. The van der Waals surface area contributed by atoms with Gasteiger partial charge in [-0.15, -0.1) is 11.8 Å². The Kier molecular flexibility index (Phi) is 6.77. The van der Waals surface area contributed by atoms with Gasteiger partial charge in [-0.3, -0.25) is 9.59 Å². The number of fused-ring (bicyclic) bond motifs is 1. The van der Waals surface area contributed by atoms with Crippen molar-refractivity contribution in [2.24, 2.45) is 5.73 Å². The summed E-state index contributed by atoms with van der Waals surface area (Å²) >= 11 is 1.73. The fourth-order valence-corrected chi connectivity index (χ4v) is 4.05. The van der Waals surface area contributed by atoms with Crippen LogP contribution >= 0.6 is 11.8 Å². The predicted molar refractivity (Wildman–Crippen MR) is 110 cm³/mol. The van der Waals surface area contributed by atoms with Crippen LogP contribution in [0.3, 0.4) is 0 Å². The van der Waals surface area contributed by atoms with Crippen LogP contribution in [0.2, 0.25) is 0 Å². The minimum Gasteiger partial charge on any atom is -0.481 e. The van der Waals surface area contributed by atoms with Crippen molar-refractivity contribution < 1.29 is 23.9 Å². The molecule has 2 aromatic rings. The number of anilines is 1. The van der Waals surface area contributed by atoms with E-state index in [0.717, 1.165) is 17.0 Å². The van der Waals surface area contributed by atoms with E-state index in [0.29, 0.717) is 11.8 Å². The Morgan fingerprint density at radius 1 is 1.10 bits per heavy atom. The Morgan fingerprint density at radius 3 is 2.62 bits per heavy atom. The van der Waals surface area contributed by atoms with Crippen LogP contribution in [0.4, 0.5) is 5.69 Å². The standard InChI is InChI=1S/C21H22N2O5S/c1-14-10-11-23(16-7-3-5-9-18(16)29-14)19(24)12-28-20(25)13-27-17-8-4-2-6-15(17)21(22)26/h2-9,14H,10-13H2,1H3,(H2,22,26)/t14-/m0/s1. The van der Waals surface area contributed by atoms with E-state index in [2.05, 4.69) is 6.92 Å². The Morgan fingerprint density at radius 2 is 1.83 bits per heavy atom. The van der Waals surface area contributed by atoms with Crippen molar-refractivity contribution in [1.29, 1.82) is 0 Å². The summed E-state index contributed by atoms with van der Waals surface area (Å²) in [6, 6.07) is 14.0. The minimum absolute atomic E-state index is 0.171. The summed E-state index contributed by atoms with van der Waals surface area (Å²) in [5.41, 5.74) is 6.28. The fraction of sp³-hybridized carbons (Fsp3) is 0.286. The molecule has 2 N–H and O–H groups in total. The molecule has 0 aliphatic carbocycles. The Balaban J connectivity index is 1.57. The second kappa shape index (κ2) is 9.47. The van der Waals surface area contributed by atoms with Gasteiger partial charge in [0.2, 0.25) is 0 Å². The van der Waals surface area contributed by atoms with Crippen LogP contribution in [0, 0.1) is 0 Å². The Hall–Kier alpha value is -3.00. The van der Waals surface area contributed by atoms with Crippen LogP contribution < -0.4 is 15.4 Å². The fourth-order valence-electron chi connectivity index (χ4n) is 2.94.